The van der Waals surface area contributed by atoms with Crippen LogP contribution in [-0.4, -0.2) is 40.9 Å². The first-order chi connectivity index (χ1) is 11.8. The molecular formula is C17H17N3O4S. The van der Waals surface area contributed by atoms with Gasteiger partial charge in [0.1, 0.15) is 11.2 Å². The summed E-state index contributed by atoms with van der Waals surface area (Å²) in [6, 6.07) is 6.88. The van der Waals surface area contributed by atoms with E-state index in [9.17, 15) is 18.3 Å². The maximum atomic E-state index is 11.7. The molecule has 0 spiro atoms. The molecule has 3 aromatic rings. The van der Waals surface area contributed by atoms with E-state index in [0.717, 1.165) is 24.1 Å². The van der Waals surface area contributed by atoms with Gasteiger partial charge in [-0.1, -0.05) is 24.3 Å². The molecule has 1 fully saturated rings. The van der Waals surface area contributed by atoms with Gasteiger partial charge in [0.25, 0.3) is 0 Å². The summed E-state index contributed by atoms with van der Waals surface area (Å²) in [4.78, 5) is 14.7. The minimum atomic E-state index is -3.12. The molecule has 2 aromatic heterocycles. The van der Waals surface area contributed by atoms with Crippen molar-refractivity contribution in [3.8, 4) is 11.1 Å². The van der Waals surface area contributed by atoms with Gasteiger partial charge in [-0.3, -0.25) is 5.10 Å². The second-order valence-corrected chi connectivity index (χ2v) is 8.72. The van der Waals surface area contributed by atoms with Crippen LogP contribution in [0.25, 0.3) is 22.2 Å². The van der Waals surface area contributed by atoms with Crippen LogP contribution in [-0.2, 0) is 15.6 Å². The molecule has 0 atom stereocenters. The second kappa shape index (κ2) is 5.45. The zero-order chi connectivity index (χ0) is 17.8. The molecule has 0 saturated heterocycles. The summed E-state index contributed by atoms with van der Waals surface area (Å²) in [5, 5.41) is 16.9. The minimum Gasteiger partial charge on any atom is -0.477 e. The standard InChI is InChI=1S/C17H17N3O4S/c1-25(23,24)8-9-2-4-10(5-3-9)12-14-16(18-15(12)17(21)22)13(19-20-14)11-6-7-11/h2-5,11,18H,6-8H2,1H3,(H,19,20)(H,21,22). The topological polar surface area (TPSA) is 116 Å². The monoisotopic (exact) mass is 359 g/mol. The summed E-state index contributed by atoms with van der Waals surface area (Å²) < 4.78 is 22.8. The highest BCUT2D eigenvalue weighted by Gasteiger charge is 2.31. The van der Waals surface area contributed by atoms with Crippen LogP contribution >= 0.6 is 0 Å². The average Bonchev–Trinajstić information content (AvgIpc) is 3.16. The van der Waals surface area contributed by atoms with Gasteiger partial charge in [-0.25, -0.2) is 13.2 Å². The van der Waals surface area contributed by atoms with Crippen LogP contribution in [0.3, 0.4) is 0 Å². The summed E-state index contributed by atoms with van der Waals surface area (Å²) in [5.74, 6) is -0.680. The maximum absolute atomic E-state index is 11.7. The van der Waals surface area contributed by atoms with Crippen molar-refractivity contribution in [3.63, 3.8) is 0 Å². The Hall–Kier alpha value is -2.61. The fraction of sp³-hybridized carbons (Fsp3) is 0.294. The molecule has 0 aliphatic heterocycles. The molecule has 8 heteroatoms. The van der Waals surface area contributed by atoms with Gasteiger partial charge >= 0.3 is 5.97 Å². The predicted molar refractivity (Wildman–Crippen MR) is 93.4 cm³/mol. The number of aromatic carboxylic acids is 1. The molecule has 2 heterocycles. The van der Waals surface area contributed by atoms with Gasteiger partial charge < -0.3 is 10.1 Å². The van der Waals surface area contributed by atoms with E-state index in [1.54, 1.807) is 24.3 Å². The number of nitrogens with zero attached hydrogens (tertiary/aromatic N) is 1. The lowest BCUT2D eigenvalue weighted by atomic mass is 10.0. The number of hydrogen-bond donors (Lipinski definition) is 3. The van der Waals surface area contributed by atoms with E-state index < -0.39 is 15.8 Å². The number of nitrogens with one attached hydrogen (secondary N) is 2. The van der Waals surface area contributed by atoms with Crippen LogP contribution in [0.5, 0.6) is 0 Å². The number of benzene rings is 1. The molecular weight excluding hydrogens is 342 g/mol. The van der Waals surface area contributed by atoms with E-state index in [4.69, 9.17) is 0 Å². The van der Waals surface area contributed by atoms with Gasteiger partial charge in [-0.05, 0) is 24.0 Å². The molecule has 1 aliphatic carbocycles. The summed E-state index contributed by atoms with van der Waals surface area (Å²) in [7, 11) is -3.12. The highest BCUT2D eigenvalue weighted by atomic mass is 32.2. The molecule has 1 aromatic carbocycles. The number of hydrogen-bond acceptors (Lipinski definition) is 4. The SMILES string of the molecule is CS(=O)(=O)Cc1ccc(-c2c(C(=O)O)[nH]c3c(C4CC4)[nH]nc23)cc1. The molecule has 0 amide bonds. The quantitative estimate of drug-likeness (QED) is 0.648. The second-order valence-electron chi connectivity index (χ2n) is 6.58. The molecule has 0 radical (unpaired) electrons. The predicted octanol–water partition coefficient (Wildman–Crippen LogP) is 2.68. The van der Waals surface area contributed by atoms with Crippen molar-refractivity contribution in [1.82, 2.24) is 15.2 Å². The molecule has 3 N–H and O–H groups in total. The van der Waals surface area contributed by atoms with E-state index >= 15 is 0 Å². The van der Waals surface area contributed by atoms with Crippen LogP contribution in [0.1, 0.15) is 40.5 Å². The maximum Gasteiger partial charge on any atom is 0.353 e. The van der Waals surface area contributed by atoms with Crippen molar-refractivity contribution >= 4 is 26.8 Å². The van der Waals surface area contributed by atoms with Crippen LogP contribution in [0.4, 0.5) is 0 Å². The zero-order valence-corrected chi connectivity index (χ0v) is 14.4. The third-order valence-corrected chi connectivity index (χ3v) is 5.26. The molecule has 0 bridgehead atoms. The fourth-order valence-electron chi connectivity index (χ4n) is 3.15. The van der Waals surface area contributed by atoms with E-state index in [1.807, 2.05) is 0 Å². The Labute approximate surface area is 144 Å². The third kappa shape index (κ3) is 2.93. The van der Waals surface area contributed by atoms with Gasteiger partial charge in [0.15, 0.2) is 9.84 Å². The Kier molecular flexibility index (Phi) is 3.47. The average molecular weight is 359 g/mol. The summed E-state index contributed by atoms with van der Waals surface area (Å²) >= 11 is 0. The molecule has 25 heavy (non-hydrogen) atoms. The highest BCUT2D eigenvalue weighted by Crippen LogP contribution is 2.43. The first-order valence-electron chi connectivity index (χ1n) is 7.94. The minimum absolute atomic E-state index is 0.0458. The van der Waals surface area contributed by atoms with Crippen LogP contribution < -0.4 is 0 Å². The molecule has 130 valence electrons. The van der Waals surface area contributed by atoms with E-state index in [-0.39, 0.29) is 11.4 Å². The lowest BCUT2D eigenvalue weighted by Crippen LogP contribution is -2.01. The lowest BCUT2D eigenvalue weighted by molar-refractivity contribution is 0.0692. The summed E-state index contributed by atoms with van der Waals surface area (Å²) in [6.07, 6.45) is 3.34. The van der Waals surface area contributed by atoms with Gasteiger partial charge in [-0.2, -0.15) is 5.10 Å². The smallest absolute Gasteiger partial charge is 0.353 e. The van der Waals surface area contributed by atoms with E-state index in [2.05, 4.69) is 15.2 Å². The normalized spacial score (nSPS) is 14.9. The van der Waals surface area contributed by atoms with E-state index in [0.29, 0.717) is 28.1 Å². The molecule has 1 saturated carbocycles. The van der Waals surface area contributed by atoms with Gasteiger partial charge in [-0.15, -0.1) is 0 Å². The first kappa shape index (κ1) is 15.9. The van der Waals surface area contributed by atoms with Crippen molar-refractivity contribution in [2.45, 2.75) is 24.5 Å². The number of fused-ring (bicyclic) bond motifs is 1. The van der Waals surface area contributed by atoms with Crippen molar-refractivity contribution in [1.29, 1.82) is 0 Å². The lowest BCUT2D eigenvalue weighted by Gasteiger charge is -2.04. The van der Waals surface area contributed by atoms with Crippen LogP contribution in [0, 0.1) is 0 Å². The number of carbonyl (C=O) groups is 1. The number of sulfone groups is 1. The first-order valence-corrected chi connectivity index (χ1v) is 10.00. The number of H-pyrrole nitrogens is 2. The number of carboxylic acids is 1. The highest BCUT2D eigenvalue weighted by molar-refractivity contribution is 7.89. The van der Waals surface area contributed by atoms with Gasteiger partial charge in [0.2, 0.25) is 0 Å². The fourth-order valence-corrected chi connectivity index (χ4v) is 3.95. The summed E-state index contributed by atoms with van der Waals surface area (Å²) in [6.45, 7) is 0. The summed E-state index contributed by atoms with van der Waals surface area (Å²) in [5.41, 5.74) is 4.29. The number of rotatable bonds is 5. The Morgan fingerprint density at radius 2 is 1.96 bits per heavy atom. The Bertz CT molecular complexity index is 1070. The van der Waals surface area contributed by atoms with Gasteiger partial charge in [0.05, 0.1) is 17.0 Å². The molecule has 1 aliphatic rings. The van der Waals surface area contributed by atoms with Crippen LogP contribution in [0.2, 0.25) is 0 Å². The van der Waals surface area contributed by atoms with Crippen molar-refractivity contribution in [2.24, 2.45) is 0 Å². The van der Waals surface area contributed by atoms with Crippen molar-refractivity contribution < 1.29 is 18.3 Å². The van der Waals surface area contributed by atoms with Crippen molar-refractivity contribution in [2.75, 3.05) is 6.26 Å². The number of aromatic amines is 2. The molecule has 7 nitrogen and oxygen atoms in total. The molecule has 4 rings (SSSR count). The number of aromatic nitrogens is 3. The van der Waals surface area contributed by atoms with Crippen LogP contribution in [0.15, 0.2) is 24.3 Å². The Balaban J connectivity index is 1.82. The van der Waals surface area contributed by atoms with Crippen molar-refractivity contribution in [3.05, 3.63) is 41.2 Å². The largest absolute Gasteiger partial charge is 0.477 e. The third-order valence-electron chi connectivity index (χ3n) is 4.40. The van der Waals surface area contributed by atoms with Gasteiger partial charge in [0, 0.05) is 17.7 Å². The zero-order valence-electron chi connectivity index (χ0n) is 13.5. The van der Waals surface area contributed by atoms with E-state index in [1.165, 1.54) is 6.26 Å². The number of carboxylic acid groups (broad SMARTS) is 1. The Morgan fingerprint density at radius 3 is 2.52 bits per heavy atom. The molecule has 0 unspecified atom stereocenters. The Morgan fingerprint density at radius 1 is 1.28 bits per heavy atom.